The number of benzene rings is 1. The summed E-state index contributed by atoms with van der Waals surface area (Å²) in [5.41, 5.74) is 0.284. The first-order valence-electron chi connectivity index (χ1n) is 7.41. The summed E-state index contributed by atoms with van der Waals surface area (Å²) in [5.74, 6) is -1.29. The van der Waals surface area contributed by atoms with Gasteiger partial charge >= 0.3 is 5.97 Å². The fourth-order valence-corrected chi connectivity index (χ4v) is 2.00. The molecular formula is C16H22N2O7. The molecule has 0 saturated heterocycles. The van der Waals surface area contributed by atoms with Gasteiger partial charge in [-0.05, 0) is 18.2 Å². The smallest absolute Gasteiger partial charge is 0.323 e. The lowest BCUT2D eigenvalue weighted by Crippen LogP contribution is -2.44. The molecule has 0 spiro atoms. The molecule has 0 saturated carbocycles. The van der Waals surface area contributed by atoms with Crippen LogP contribution < -0.4 is 14.8 Å². The van der Waals surface area contributed by atoms with Crippen LogP contribution in [0.3, 0.4) is 0 Å². The highest BCUT2D eigenvalue weighted by Crippen LogP contribution is 2.27. The zero-order valence-electron chi connectivity index (χ0n) is 14.4. The number of hydrogen-bond donors (Lipinski definition) is 2. The number of amides is 2. The van der Waals surface area contributed by atoms with E-state index in [0.717, 1.165) is 4.90 Å². The van der Waals surface area contributed by atoms with Crippen molar-refractivity contribution in [1.82, 2.24) is 10.2 Å². The molecule has 0 aliphatic rings. The molecule has 25 heavy (non-hydrogen) atoms. The van der Waals surface area contributed by atoms with E-state index in [1.165, 1.54) is 33.5 Å². The first kappa shape index (κ1) is 20.2. The van der Waals surface area contributed by atoms with Crippen LogP contribution in [0.4, 0.5) is 0 Å². The van der Waals surface area contributed by atoms with E-state index in [1.807, 2.05) is 0 Å². The van der Waals surface area contributed by atoms with Crippen LogP contribution in [-0.2, 0) is 14.3 Å². The number of carbonyl (C=O) groups is 3. The normalized spacial score (nSPS) is 10.0. The number of carboxylic acid groups (broad SMARTS) is 1. The largest absolute Gasteiger partial charge is 0.493 e. The summed E-state index contributed by atoms with van der Waals surface area (Å²) in [7, 11) is 4.37. The van der Waals surface area contributed by atoms with Crippen LogP contribution in [0.25, 0.3) is 0 Å². The second kappa shape index (κ2) is 10.1. The zero-order valence-corrected chi connectivity index (χ0v) is 14.4. The van der Waals surface area contributed by atoms with E-state index in [-0.39, 0.29) is 25.3 Å². The topological polar surface area (TPSA) is 114 Å². The number of carbonyl (C=O) groups excluding carboxylic acids is 2. The van der Waals surface area contributed by atoms with Gasteiger partial charge in [0.15, 0.2) is 11.5 Å². The predicted molar refractivity (Wildman–Crippen MR) is 88.0 cm³/mol. The highest BCUT2D eigenvalue weighted by molar-refractivity contribution is 5.97. The van der Waals surface area contributed by atoms with Crippen molar-refractivity contribution in [2.45, 2.75) is 0 Å². The molecular weight excluding hydrogens is 332 g/mol. The summed E-state index contributed by atoms with van der Waals surface area (Å²) in [5, 5.41) is 11.3. The van der Waals surface area contributed by atoms with Crippen molar-refractivity contribution in [1.29, 1.82) is 0 Å². The molecule has 1 rings (SSSR count). The second-order valence-corrected chi connectivity index (χ2v) is 4.95. The van der Waals surface area contributed by atoms with Crippen molar-refractivity contribution in [2.24, 2.45) is 0 Å². The second-order valence-electron chi connectivity index (χ2n) is 4.95. The van der Waals surface area contributed by atoms with E-state index in [2.05, 4.69) is 5.32 Å². The molecule has 9 nitrogen and oxygen atoms in total. The molecule has 138 valence electrons. The van der Waals surface area contributed by atoms with Crippen LogP contribution >= 0.6 is 0 Å². The molecule has 0 bridgehead atoms. The molecule has 0 fully saturated rings. The maximum Gasteiger partial charge on any atom is 0.323 e. The summed E-state index contributed by atoms with van der Waals surface area (Å²) in [6.45, 7) is -0.477. The summed E-state index contributed by atoms with van der Waals surface area (Å²) < 4.78 is 15.1. The molecule has 2 amide bonds. The standard InChI is InChI=1S/C16H22N2O7/c1-23-7-6-18(10-15(20)21)14(19)9-17-16(22)11-4-5-12(24-2)13(8-11)25-3/h4-5,8H,6-7,9-10H2,1-3H3,(H,17,22)(H,20,21). The molecule has 1 aromatic carbocycles. The van der Waals surface area contributed by atoms with Crippen LogP contribution in [0.2, 0.25) is 0 Å². The van der Waals surface area contributed by atoms with Gasteiger partial charge in [-0.1, -0.05) is 0 Å². The SMILES string of the molecule is COCCN(CC(=O)O)C(=O)CNC(=O)c1ccc(OC)c(OC)c1. The van der Waals surface area contributed by atoms with Gasteiger partial charge in [0, 0.05) is 19.2 Å². The summed E-state index contributed by atoms with van der Waals surface area (Å²) >= 11 is 0. The first-order chi connectivity index (χ1) is 11.9. The van der Waals surface area contributed by atoms with E-state index in [1.54, 1.807) is 6.07 Å². The van der Waals surface area contributed by atoms with Crippen molar-refractivity contribution < 1.29 is 33.7 Å². The lowest BCUT2D eigenvalue weighted by atomic mass is 10.2. The van der Waals surface area contributed by atoms with Crippen molar-refractivity contribution in [3.05, 3.63) is 23.8 Å². The third-order valence-electron chi connectivity index (χ3n) is 3.29. The predicted octanol–water partition coefficient (Wildman–Crippen LogP) is -0.00680. The van der Waals surface area contributed by atoms with Crippen molar-refractivity contribution >= 4 is 17.8 Å². The number of nitrogens with one attached hydrogen (secondary N) is 1. The monoisotopic (exact) mass is 354 g/mol. The molecule has 9 heteroatoms. The molecule has 0 atom stereocenters. The van der Waals surface area contributed by atoms with Crippen LogP contribution in [-0.4, -0.2) is 75.4 Å². The van der Waals surface area contributed by atoms with E-state index in [4.69, 9.17) is 19.3 Å². The number of methoxy groups -OCH3 is 3. The van der Waals surface area contributed by atoms with Crippen LogP contribution in [0.15, 0.2) is 18.2 Å². The number of ether oxygens (including phenoxy) is 3. The molecule has 0 aliphatic carbocycles. The van der Waals surface area contributed by atoms with Gasteiger partial charge in [0.2, 0.25) is 5.91 Å². The number of rotatable bonds is 10. The highest BCUT2D eigenvalue weighted by atomic mass is 16.5. The molecule has 0 aliphatic heterocycles. The molecule has 1 aromatic rings. The van der Waals surface area contributed by atoms with E-state index in [0.29, 0.717) is 11.5 Å². The molecule has 0 radical (unpaired) electrons. The average molecular weight is 354 g/mol. The van der Waals surface area contributed by atoms with E-state index in [9.17, 15) is 14.4 Å². The Labute approximate surface area is 145 Å². The highest BCUT2D eigenvalue weighted by Gasteiger charge is 2.18. The molecule has 0 heterocycles. The van der Waals surface area contributed by atoms with Crippen LogP contribution in [0.5, 0.6) is 11.5 Å². The number of hydrogen-bond acceptors (Lipinski definition) is 6. The Hall–Kier alpha value is -2.81. The number of carboxylic acids is 1. The summed E-state index contributed by atoms with van der Waals surface area (Å²) in [6, 6.07) is 4.59. The van der Waals surface area contributed by atoms with Crippen molar-refractivity contribution in [3.63, 3.8) is 0 Å². The van der Waals surface area contributed by atoms with Gasteiger partial charge in [-0.25, -0.2) is 0 Å². The first-order valence-corrected chi connectivity index (χ1v) is 7.41. The van der Waals surface area contributed by atoms with Gasteiger partial charge in [0.05, 0.1) is 27.4 Å². The van der Waals surface area contributed by atoms with E-state index >= 15 is 0 Å². The van der Waals surface area contributed by atoms with Gasteiger partial charge in [0.1, 0.15) is 6.54 Å². The quantitative estimate of drug-likeness (QED) is 0.607. The van der Waals surface area contributed by atoms with Crippen LogP contribution in [0.1, 0.15) is 10.4 Å². The minimum Gasteiger partial charge on any atom is -0.493 e. The Morgan fingerprint density at radius 2 is 1.80 bits per heavy atom. The number of nitrogens with zero attached hydrogens (tertiary/aromatic N) is 1. The Morgan fingerprint density at radius 3 is 2.36 bits per heavy atom. The molecule has 0 unspecified atom stereocenters. The van der Waals surface area contributed by atoms with Gasteiger partial charge in [-0.3, -0.25) is 14.4 Å². The fraction of sp³-hybridized carbons (Fsp3) is 0.438. The zero-order chi connectivity index (χ0) is 18.8. The van der Waals surface area contributed by atoms with Gasteiger partial charge in [0.25, 0.3) is 5.91 Å². The maximum atomic E-state index is 12.2. The Morgan fingerprint density at radius 1 is 1.12 bits per heavy atom. The third kappa shape index (κ3) is 6.30. The summed E-state index contributed by atoms with van der Waals surface area (Å²) in [4.78, 5) is 36.2. The van der Waals surface area contributed by atoms with Crippen molar-refractivity contribution in [3.8, 4) is 11.5 Å². The Bertz CT molecular complexity index is 619. The number of aliphatic carboxylic acids is 1. The Kier molecular flexibility index (Phi) is 8.21. The van der Waals surface area contributed by atoms with Gasteiger partial charge in [-0.2, -0.15) is 0 Å². The minimum atomic E-state index is -1.14. The molecule has 2 N–H and O–H groups in total. The lowest BCUT2D eigenvalue weighted by molar-refractivity contribution is -0.144. The maximum absolute atomic E-state index is 12.2. The molecule has 0 aromatic heterocycles. The lowest BCUT2D eigenvalue weighted by Gasteiger charge is -2.20. The minimum absolute atomic E-state index is 0.119. The van der Waals surface area contributed by atoms with Gasteiger partial charge < -0.3 is 29.5 Å². The Balaban J connectivity index is 2.70. The average Bonchev–Trinajstić information content (AvgIpc) is 2.61. The van der Waals surface area contributed by atoms with Gasteiger partial charge in [-0.15, -0.1) is 0 Å². The fourth-order valence-electron chi connectivity index (χ4n) is 2.00. The van der Waals surface area contributed by atoms with E-state index < -0.39 is 24.3 Å². The third-order valence-corrected chi connectivity index (χ3v) is 3.29. The van der Waals surface area contributed by atoms with Crippen molar-refractivity contribution in [2.75, 3.05) is 47.6 Å². The van der Waals surface area contributed by atoms with Crippen LogP contribution in [0, 0.1) is 0 Å². The summed E-state index contributed by atoms with van der Waals surface area (Å²) in [6.07, 6.45) is 0.